The standard InChI is InChI=1S/C21H21FN2O3/c22-16-8-9-23-19(12-16)20(25)15-10-17-6-7-18(11-15)24(17)21(26)27-13-14-4-2-1-3-5-14/h1-5,8-9,12,15,17-18H,6-7,10-11,13H2. The number of Topliss-reactive ketones (excluding diaryl/α,β-unsaturated/α-hetero) is 1. The maximum absolute atomic E-state index is 13.4. The van der Waals surface area contributed by atoms with Gasteiger partial charge in [-0.1, -0.05) is 30.3 Å². The highest BCUT2D eigenvalue weighted by Crippen LogP contribution is 2.40. The highest BCUT2D eigenvalue weighted by atomic mass is 19.1. The Kier molecular flexibility index (Phi) is 4.88. The summed E-state index contributed by atoms with van der Waals surface area (Å²) in [7, 11) is 0. The molecular weight excluding hydrogens is 347 g/mol. The first kappa shape index (κ1) is 17.6. The van der Waals surface area contributed by atoms with E-state index in [2.05, 4.69) is 4.98 Å². The molecule has 140 valence electrons. The fourth-order valence-corrected chi connectivity index (χ4v) is 4.23. The minimum Gasteiger partial charge on any atom is -0.445 e. The Morgan fingerprint density at radius 3 is 2.48 bits per heavy atom. The van der Waals surface area contributed by atoms with Crippen LogP contribution in [0.5, 0.6) is 0 Å². The molecule has 0 spiro atoms. The lowest BCUT2D eigenvalue weighted by Crippen LogP contribution is -2.48. The third kappa shape index (κ3) is 3.70. The predicted molar refractivity (Wildman–Crippen MR) is 96.5 cm³/mol. The van der Waals surface area contributed by atoms with Crippen LogP contribution in [0, 0.1) is 11.7 Å². The van der Waals surface area contributed by atoms with Crippen molar-refractivity contribution in [2.75, 3.05) is 0 Å². The van der Waals surface area contributed by atoms with E-state index < -0.39 is 5.82 Å². The third-order valence-electron chi connectivity index (χ3n) is 5.49. The zero-order valence-electron chi connectivity index (χ0n) is 14.9. The lowest BCUT2D eigenvalue weighted by Gasteiger charge is -2.37. The Morgan fingerprint density at radius 1 is 1.11 bits per heavy atom. The summed E-state index contributed by atoms with van der Waals surface area (Å²) in [6, 6.07) is 12.0. The van der Waals surface area contributed by atoms with Gasteiger partial charge in [0.2, 0.25) is 0 Å². The first-order chi connectivity index (χ1) is 13.1. The van der Waals surface area contributed by atoms with Gasteiger partial charge in [-0.15, -0.1) is 0 Å². The molecule has 0 saturated carbocycles. The molecule has 2 atom stereocenters. The van der Waals surface area contributed by atoms with E-state index in [0.717, 1.165) is 18.4 Å². The Bertz CT molecular complexity index is 828. The number of amides is 1. The van der Waals surface area contributed by atoms with Crippen LogP contribution >= 0.6 is 0 Å². The molecule has 6 heteroatoms. The van der Waals surface area contributed by atoms with Crippen molar-refractivity contribution in [2.24, 2.45) is 5.92 Å². The van der Waals surface area contributed by atoms with E-state index in [1.54, 1.807) is 4.90 Å². The van der Waals surface area contributed by atoms with E-state index in [-0.39, 0.29) is 42.2 Å². The number of ether oxygens (including phenoxy) is 1. The molecule has 2 bridgehead atoms. The minimum absolute atomic E-state index is 0.00506. The second-order valence-corrected chi connectivity index (χ2v) is 7.22. The molecule has 2 aliphatic rings. The molecule has 2 aromatic rings. The fraction of sp³-hybridized carbons (Fsp3) is 0.381. The number of carbonyl (C=O) groups is 2. The van der Waals surface area contributed by atoms with Gasteiger partial charge < -0.3 is 9.64 Å². The van der Waals surface area contributed by atoms with Crippen LogP contribution in [0.15, 0.2) is 48.7 Å². The molecule has 2 fully saturated rings. The molecule has 1 aromatic carbocycles. The average Bonchev–Trinajstić information content (AvgIpc) is 2.96. The second kappa shape index (κ2) is 7.47. The first-order valence-electron chi connectivity index (χ1n) is 9.26. The summed E-state index contributed by atoms with van der Waals surface area (Å²) in [4.78, 5) is 31.1. The van der Waals surface area contributed by atoms with Gasteiger partial charge in [0.15, 0.2) is 5.78 Å². The van der Waals surface area contributed by atoms with Crippen molar-refractivity contribution in [1.82, 2.24) is 9.88 Å². The number of aromatic nitrogens is 1. The summed E-state index contributed by atoms with van der Waals surface area (Å²) in [5, 5.41) is 0. The lowest BCUT2D eigenvalue weighted by atomic mass is 9.86. The molecule has 2 aliphatic heterocycles. The number of carbonyl (C=O) groups excluding carboxylic acids is 2. The van der Waals surface area contributed by atoms with Gasteiger partial charge in [0.25, 0.3) is 0 Å². The second-order valence-electron chi connectivity index (χ2n) is 7.22. The van der Waals surface area contributed by atoms with Gasteiger partial charge in [0.05, 0.1) is 0 Å². The number of hydrogen-bond acceptors (Lipinski definition) is 4. The lowest BCUT2D eigenvalue weighted by molar-refractivity contribution is 0.0483. The fourth-order valence-electron chi connectivity index (χ4n) is 4.23. The quantitative estimate of drug-likeness (QED) is 0.766. The number of halogens is 1. The molecular formula is C21H21FN2O3. The number of hydrogen-bond donors (Lipinski definition) is 0. The largest absolute Gasteiger partial charge is 0.445 e. The Labute approximate surface area is 157 Å². The molecule has 1 aromatic heterocycles. The Hall–Kier alpha value is -2.76. The van der Waals surface area contributed by atoms with E-state index >= 15 is 0 Å². The zero-order chi connectivity index (χ0) is 18.8. The van der Waals surface area contributed by atoms with Crippen LogP contribution < -0.4 is 0 Å². The SMILES string of the molecule is O=C(c1cc(F)ccn1)C1CC2CCC(C1)N2C(=O)OCc1ccccc1. The van der Waals surface area contributed by atoms with E-state index in [4.69, 9.17) is 4.74 Å². The van der Waals surface area contributed by atoms with Gasteiger partial charge >= 0.3 is 6.09 Å². The van der Waals surface area contributed by atoms with E-state index in [1.807, 2.05) is 30.3 Å². The smallest absolute Gasteiger partial charge is 0.410 e. The van der Waals surface area contributed by atoms with Crippen molar-refractivity contribution >= 4 is 11.9 Å². The summed E-state index contributed by atoms with van der Waals surface area (Å²) in [6.45, 7) is 0.241. The molecule has 4 rings (SSSR count). The number of fused-ring (bicyclic) bond motifs is 2. The van der Waals surface area contributed by atoms with Crippen LogP contribution in [0.3, 0.4) is 0 Å². The summed E-state index contributed by atoms with van der Waals surface area (Å²) >= 11 is 0. The highest BCUT2D eigenvalue weighted by molar-refractivity contribution is 5.96. The molecule has 0 radical (unpaired) electrons. The number of piperidine rings is 1. The molecule has 27 heavy (non-hydrogen) atoms. The van der Waals surface area contributed by atoms with Crippen molar-refractivity contribution in [3.8, 4) is 0 Å². The van der Waals surface area contributed by atoms with Crippen LogP contribution in [0.25, 0.3) is 0 Å². The van der Waals surface area contributed by atoms with Crippen LogP contribution in [0.1, 0.15) is 41.7 Å². The van der Waals surface area contributed by atoms with Crippen molar-refractivity contribution in [1.29, 1.82) is 0 Å². The maximum atomic E-state index is 13.4. The number of rotatable bonds is 4. The first-order valence-corrected chi connectivity index (χ1v) is 9.26. The topological polar surface area (TPSA) is 59.5 Å². The number of benzene rings is 1. The number of pyridine rings is 1. The minimum atomic E-state index is -0.460. The number of nitrogens with zero attached hydrogens (tertiary/aromatic N) is 2. The third-order valence-corrected chi connectivity index (χ3v) is 5.49. The Morgan fingerprint density at radius 2 is 1.81 bits per heavy atom. The van der Waals surface area contributed by atoms with Crippen molar-refractivity contribution in [3.63, 3.8) is 0 Å². The van der Waals surface area contributed by atoms with Crippen molar-refractivity contribution in [2.45, 2.75) is 44.4 Å². The Balaban J connectivity index is 1.40. The molecule has 3 heterocycles. The maximum Gasteiger partial charge on any atom is 0.410 e. The van der Waals surface area contributed by atoms with Crippen molar-refractivity contribution < 1.29 is 18.7 Å². The van der Waals surface area contributed by atoms with Gasteiger partial charge in [0.1, 0.15) is 18.1 Å². The number of ketones is 1. The van der Waals surface area contributed by atoms with E-state index in [9.17, 15) is 14.0 Å². The van der Waals surface area contributed by atoms with Crippen LogP contribution in [0.4, 0.5) is 9.18 Å². The van der Waals surface area contributed by atoms with E-state index in [0.29, 0.717) is 12.8 Å². The van der Waals surface area contributed by atoms with Gasteiger partial charge in [-0.3, -0.25) is 9.78 Å². The van der Waals surface area contributed by atoms with Gasteiger partial charge in [-0.05, 0) is 37.3 Å². The van der Waals surface area contributed by atoms with Gasteiger partial charge in [0, 0.05) is 30.3 Å². The summed E-state index contributed by atoms with van der Waals surface area (Å²) in [5.74, 6) is -0.822. The van der Waals surface area contributed by atoms with Gasteiger partial charge in [-0.25, -0.2) is 9.18 Å². The normalized spacial score (nSPS) is 23.9. The molecule has 0 aliphatic carbocycles. The summed E-state index contributed by atoms with van der Waals surface area (Å²) in [5.41, 5.74) is 1.11. The van der Waals surface area contributed by atoms with Gasteiger partial charge in [-0.2, -0.15) is 0 Å². The molecule has 0 N–H and O–H groups in total. The van der Waals surface area contributed by atoms with Crippen molar-refractivity contribution in [3.05, 3.63) is 65.7 Å². The van der Waals surface area contributed by atoms with Crippen LogP contribution in [-0.2, 0) is 11.3 Å². The van der Waals surface area contributed by atoms with Crippen LogP contribution in [-0.4, -0.2) is 33.8 Å². The zero-order valence-corrected chi connectivity index (χ0v) is 14.9. The molecule has 2 saturated heterocycles. The molecule has 1 amide bonds. The summed E-state index contributed by atoms with van der Waals surface area (Å²) < 4.78 is 18.9. The van der Waals surface area contributed by atoms with Crippen LogP contribution in [0.2, 0.25) is 0 Å². The monoisotopic (exact) mass is 368 g/mol. The highest BCUT2D eigenvalue weighted by Gasteiger charge is 2.46. The molecule has 2 unspecified atom stereocenters. The predicted octanol–water partition coefficient (Wildman–Crippen LogP) is 3.98. The molecule has 5 nitrogen and oxygen atoms in total. The van der Waals surface area contributed by atoms with E-state index in [1.165, 1.54) is 18.3 Å². The average molecular weight is 368 g/mol. The summed E-state index contributed by atoms with van der Waals surface area (Å²) in [6.07, 6.45) is 3.88.